The summed E-state index contributed by atoms with van der Waals surface area (Å²) in [5, 5.41) is 0. The summed E-state index contributed by atoms with van der Waals surface area (Å²) >= 11 is 0. The fraction of sp³-hybridized carbons (Fsp3) is 0.406. The molecule has 0 amide bonds. The summed E-state index contributed by atoms with van der Waals surface area (Å²) < 4.78 is 11.6. The van der Waals surface area contributed by atoms with Crippen molar-refractivity contribution in [1.82, 2.24) is 0 Å². The fourth-order valence-electron chi connectivity index (χ4n) is 4.08. The third kappa shape index (κ3) is 8.58. The Morgan fingerprint density at radius 2 is 1.34 bits per heavy atom. The molecule has 0 fully saturated rings. The van der Waals surface area contributed by atoms with Crippen LogP contribution in [0.2, 0.25) is 0 Å². The van der Waals surface area contributed by atoms with E-state index in [0.29, 0.717) is 17.2 Å². The molecule has 0 radical (unpaired) electrons. The highest BCUT2D eigenvalue weighted by Gasteiger charge is 2.10. The Morgan fingerprint density at radius 3 is 1.94 bits per heavy atom. The Balaban J connectivity index is 1.53. The molecule has 1 unspecified atom stereocenters. The van der Waals surface area contributed by atoms with Crippen molar-refractivity contribution in [3.05, 3.63) is 83.9 Å². The van der Waals surface area contributed by atoms with E-state index < -0.39 is 0 Å². The highest BCUT2D eigenvalue weighted by Crippen LogP contribution is 2.25. The lowest BCUT2D eigenvalue weighted by Gasteiger charge is -2.15. The number of hydrogen-bond donors (Lipinski definition) is 0. The molecule has 3 heteroatoms. The zero-order chi connectivity index (χ0) is 25.0. The van der Waals surface area contributed by atoms with Crippen LogP contribution >= 0.6 is 0 Å². The van der Waals surface area contributed by atoms with Gasteiger partial charge in [-0.3, -0.25) is 0 Å². The number of esters is 1. The first-order valence-corrected chi connectivity index (χ1v) is 13.2. The average molecular weight is 473 g/mol. The third-order valence-electron chi connectivity index (χ3n) is 6.52. The number of hydrogen-bond acceptors (Lipinski definition) is 3. The smallest absolute Gasteiger partial charge is 0.343 e. The van der Waals surface area contributed by atoms with Gasteiger partial charge in [0.25, 0.3) is 0 Å². The fourth-order valence-corrected chi connectivity index (χ4v) is 4.08. The molecule has 3 rings (SSSR count). The second-order valence-corrected chi connectivity index (χ2v) is 9.63. The van der Waals surface area contributed by atoms with E-state index in [2.05, 4.69) is 39.8 Å². The maximum atomic E-state index is 12.6. The van der Waals surface area contributed by atoms with Crippen LogP contribution in [0.25, 0.3) is 11.1 Å². The molecule has 35 heavy (non-hydrogen) atoms. The summed E-state index contributed by atoms with van der Waals surface area (Å²) in [6, 6.07) is 23.5. The maximum Gasteiger partial charge on any atom is 0.343 e. The zero-order valence-corrected chi connectivity index (χ0v) is 21.8. The van der Waals surface area contributed by atoms with E-state index in [9.17, 15) is 4.79 Å². The minimum Gasteiger partial charge on any atom is -0.491 e. The van der Waals surface area contributed by atoms with Crippen LogP contribution in [0.15, 0.2) is 72.8 Å². The van der Waals surface area contributed by atoms with E-state index in [4.69, 9.17) is 9.47 Å². The molecule has 186 valence electrons. The van der Waals surface area contributed by atoms with Gasteiger partial charge in [-0.15, -0.1) is 0 Å². The molecule has 3 nitrogen and oxygen atoms in total. The van der Waals surface area contributed by atoms with Gasteiger partial charge in [0.1, 0.15) is 11.5 Å². The molecule has 0 N–H and O–H groups in total. The van der Waals surface area contributed by atoms with Crippen LogP contribution in [0.4, 0.5) is 0 Å². The van der Waals surface area contributed by atoms with Gasteiger partial charge in [-0.05, 0) is 85.2 Å². The molecule has 0 aliphatic carbocycles. The number of rotatable bonds is 13. The quantitative estimate of drug-likeness (QED) is 0.141. The van der Waals surface area contributed by atoms with Crippen LogP contribution in [0.3, 0.4) is 0 Å². The standard InChI is InChI=1S/C32H40O3/c1-5-7-8-9-10-25(4)34-30-21-17-28(18-22-30)27-13-15-29(16-14-27)32(33)35-31-19-11-26(12-20-31)23-24(3)6-2/h11-22,24-25H,5-10,23H2,1-4H3/t24-,25?/m0/s1. The maximum absolute atomic E-state index is 12.6. The highest BCUT2D eigenvalue weighted by atomic mass is 16.5. The van der Waals surface area contributed by atoms with Crippen LogP contribution in [0.1, 0.15) is 82.1 Å². The van der Waals surface area contributed by atoms with Crippen LogP contribution < -0.4 is 9.47 Å². The van der Waals surface area contributed by atoms with Crippen LogP contribution in [0, 0.1) is 5.92 Å². The van der Waals surface area contributed by atoms with Crippen LogP contribution in [-0.4, -0.2) is 12.1 Å². The SMILES string of the molecule is CCCCCCC(C)Oc1ccc(-c2ccc(C(=O)Oc3ccc(C[C@@H](C)CC)cc3)cc2)cc1. The molecule has 0 spiro atoms. The molecule has 0 aromatic heterocycles. The number of carbonyl (C=O) groups excluding carboxylic acids is 1. The zero-order valence-electron chi connectivity index (χ0n) is 21.8. The molecule has 0 aliphatic rings. The molecule has 3 aromatic carbocycles. The summed E-state index contributed by atoms with van der Waals surface area (Å²) in [4.78, 5) is 12.6. The largest absolute Gasteiger partial charge is 0.491 e. The molecule has 0 bridgehead atoms. The lowest BCUT2D eigenvalue weighted by atomic mass is 9.99. The molecule has 0 heterocycles. The lowest BCUT2D eigenvalue weighted by Crippen LogP contribution is -2.11. The Labute approximate surface area is 211 Å². The van der Waals surface area contributed by atoms with Gasteiger partial charge < -0.3 is 9.47 Å². The molecular formula is C32H40O3. The third-order valence-corrected chi connectivity index (χ3v) is 6.52. The van der Waals surface area contributed by atoms with Gasteiger partial charge in [-0.1, -0.05) is 82.9 Å². The molecule has 0 saturated carbocycles. The molecular weight excluding hydrogens is 432 g/mol. The minimum atomic E-state index is -0.345. The lowest BCUT2D eigenvalue weighted by molar-refractivity contribution is 0.0734. The number of unbranched alkanes of at least 4 members (excludes halogenated alkanes) is 3. The minimum absolute atomic E-state index is 0.221. The van der Waals surface area contributed by atoms with Gasteiger partial charge >= 0.3 is 5.97 Å². The number of benzene rings is 3. The van der Waals surface area contributed by atoms with E-state index in [1.165, 1.54) is 31.2 Å². The monoisotopic (exact) mass is 472 g/mol. The summed E-state index contributed by atoms with van der Waals surface area (Å²) in [6.07, 6.45) is 8.54. The predicted molar refractivity (Wildman–Crippen MR) is 145 cm³/mol. The second-order valence-electron chi connectivity index (χ2n) is 9.63. The Kier molecular flexibility index (Phi) is 10.4. The first kappa shape index (κ1) is 26.5. The van der Waals surface area contributed by atoms with E-state index in [0.717, 1.165) is 36.1 Å². The number of ether oxygens (including phenoxy) is 2. The Hall–Kier alpha value is -3.07. The Bertz CT molecular complexity index is 1020. The van der Waals surface area contributed by atoms with E-state index >= 15 is 0 Å². The predicted octanol–water partition coefficient (Wildman–Crippen LogP) is 8.90. The van der Waals surface area contributed by atoms with Crippen LogP contribution in [-0.2, 0) is 6.42 Å². The summed E-state index contributed by atoms with van der Waals surface area (Å²) in [6.45, 7) is 8.82. The molecule has 2 atom stereocenters. The van der Waals surface area contributed by atoms with Gasteiger partial charge in [-0.2, -0.15) is 0 Å². The van der Waals surface area contributed by atoms with Gasteiger partial charge in [0, 0.05) is 0 Å². The van der Waals surface area contributed by atoms with Crippen molar-refractivity contribution in [3.8, 4) is 22.6 Å². The van der Waals surface area contributed by atoms with Gasteiger partial charge in [0.05, 0.1) is 11.7 Å². The summed E-state index contributed by atoms with van der Waals surface area (Å²) in [7, 11) is 0. The van der Waals surface area contributed by atoms with Crippen molar-refractivity contribution in [2.24, 2.45) is 5.92 Å². The number of carbonyl (C=O) groups is 1. The normalized spacial score (nSPS) is 12.7. The van der Waals surface area contributed by atoms with Crippen molar-refractivity contribution in [3.63, 3.8) is 0 Å². The summed E-state index contributed by atoms with van der Waals surface area (Å²) in [5.74, 6) is 1.77. The van der Waals surface area contributed by atoms with Crippen molar-refractivity contribution in [2.45, 2.75) is 78.7 Å². The van der Waals surface area contributed by atoms with Crippen molar-refractivity contribution < 1.29 is 14.3 Å². The first-order chi connectivity index (χ1) is 17.0. The molecule has 3 aromatic rings. The molecule has 0 aliphatic heterocycles. The average Bonchev–Trinajstić information content (AvgIpc) is 2.88. The summed E-state index contributed by atoms with van der Waals surface area (Å²) in [5.41, 5.74) is 3.94. The van der Waals surface area contributed by atoms with Crippen molar-refractivity contribution in [2.75, 3.05) is 0 Å². The van der Waals surface area contributed by atoms with Gasteiger partial charge in [0.2, 0.25) is 0 Å². The van der Waals surface area contributed by atoms with Crippen molar-refractivity contribution in [1.29, 1.82) is 0 Å². The van der Waals surface area contributed by atoms with E-state index in [-0.39, 0.29) is 12.1 Å². The van der Waals surface area contributed by atoms with E-state index in [1.807, 2.05) is 60.7 Å². The van der Waals surface area contributed by atoms with Gasteiger partial charge in [0.15, 0.2) is 0 Å². The Morgan fingerprint density at radius 1 is 0.743 bits per heavy atom. The van der Waals surface area contributed by atoms with Crippen LogP contribution in [0.5, 0.6) is 11.5 Å². The topological polar surface area (TPSA) is 35.5 Å². The highest BCUT2D eigenvalue weighted by molar-refractivity contribution is 5.91. The second kappa shape index (κ2) is 13.7. The van der Waals surface area contributed by atoms with Crippen molar-refractivity contribution >= 4 is 5.97 Å². The molecule has 0 saturated heterocycles. The van der Waals surface area contributed by atoms with E-state index in [1.54, 1.807) is 0 Å². The first-order valence-electron chi connectivity index (χ1n) is 13.2. The van der Waals surface area contributed by atoms with Gasteiger partial charge in [-0.25, -0.2) is 4.79 Å².